The number of hydrogen-bond donors (Lipinski definition) is 0. The van der Waals surface area contributed by atoms with Crippen molar-refractivity contribution in [1.82, 2.24) is 4.90 Å². The Balaban J connectivity index is 0.000000853. The van der Waals surface area contributed by atoms with Crippen molar-refractivity contribution in [2.75, 3.05) is 53.1 Å². The van der Waals surface area contributed by atoms with Gasteiger partial charge in [-0.3, -0.25) is 0 Å². The molecule has 0 aromatic rings. The average molecular weight is 235 g/mol. The summed E-state index contributed by atoms with van der Waals surface area (Å²) in [5.74, 6) is 0. The molecule has 88 valence electrons. The zero-order valence-corrected chi connectivity index (χ0v) is 9.95. The fourth-order valence-electron chi connectivity index (χ4n) is 2.43. The minimum atomic E-state index is 0. The van der Waals surface area contributed by atoms with Gasteiger partial charge in [0.05, 0.1) is 39.5 Å². The molecular weight excluding hydrogens is 216 g/mol. The van der Waals surface area contributed by atoms with Crippen LogP contribution in [0.25, 0.3) is 0 Å². The summed E-state index contributed by atoms with van der Waals surface area (Å²) >= 11 is 0. The highest BCUT2D eigenvalue weighted by Crippen LogP contribution is 2.22. The molecule has 3 atom stereocenters. The van der Waals surface area contributed by atoms with Gasteiger partial charge in [-0.15, -0.1) is 0 Å². The van der Waals surface area contributed by atoms with Gasteiger partial charge in [0.25, 0.3) is 0 Å². The van der Waals surface area contributed by atoms with Gasteiger partial charge >= 0.3 is 0 Å². The Hall–Kier alpha value is 0.130. The zero-order valence-electron chi connectivity index (χ0n) is 9.19. The summed E-state index contributed by atoms with van der Waals surface area (Å²) in [6.07, 6.45) is 1.09. The molecule has 3 rings (SSSR count). The molecule has 3 aliphatic heterocycles. The Morgan fingerprint density at radius 3 is 2.53 bits per heavy atom. The van der Waals surface area contributed by atoms with Crippen molar-refractivity contribution >= 4 is 0 Å². The van der Waals surface area contributed by atoms with E-state index in [9.17, 15) is 0 Å². The highest BCUT2D eigenvalue weighted by molar-refractivity contribution is 4.76. The van der Waals surface area contributed by atoms with E-state index in [0.29, 0.717) is 12.2 Å². The maximum atomic E-state index is 5.31. The number of rotatable bonds is 4. The number of epoxide rings is 2. The Kier molecular flexibility index (Phi) is 3.24. The molecular formula is C10H19ClN2O2. The molecule has 0 spiro atoms. The summed E-state index contributed by atoms with van der Waals surface area (Å²) in [6.45, 7) is 7.97. The van der Waals surface area contributed by atoms with Crippen LogP contribution in [0.15, 0.2) is 0 Å². The molecule has 0 amide bonds. The van der Waals surface area contributed by atoms with Crippen molar-refractivity contribution in [3.05, 3.63) is 0 Å². The summed E-state index contributed by atoms with van der Waals surface area (Å²) in [6, 6.07) is 0. The molecule has 3 saturated heterocycles. The fourth-order valence-corrected chi connectivity index (χ4v) is 2.43. The minimum absolute atomic E-state index is 0. The summed E-state index contributed by atoms with van der Waals surface area (Å²) in [7, 11) is 2.34. The van der Waals surface area contributed by atoms with Crippen LogP contribution in [0.1, 0.15) is 0 Å². The Bertz CT molecular complexity index is 233. The number of nitrogens with zero attached hydrogens (tertiary/aromatic N) is 2. The normalized spacial score (nSPS) is 43.8. The van der Waals surface area contributed by atoms with E-state index in [4.69, 9.17) is 9.47 Å². The fraction of sp³-hybridized carbons (Fsp3) is 1.00. The van der Waals surface area contributed by atoms with E-state index in [1.54, 1.807) is 0 Å². The minimum Gasteiger partial charge on any atom is -1.00 e. The van der Waals surface area contributed by atoms with E-state index in [1.165, 1.54) is 26.3 Å². The smallest absolute Gasteiger partial charge is 0.135 e. The Labute approximate surface area is 97.1 Å². The van der Waals surface area contributed by atoms with Crippen LogP contribution >= 0.6 is 0 Å². The summed E-state index contributed by atoms with van der Waals surface area (Å²) in [4.78, 5) is 2.53. The van der Waals surface area contributed by atoms with E-state index < -0.39 is 0 Å². The molecule has 3 fully saturated rings. The van der Waals surface area contributed by atoms with Crippen molar-refractivity contribution in [2.45, 2.75) is 12.2 Å². The Morgan fingerprint density at radius 2 is 1.93 bits per heavy atom. The van der Waals surface area contributed by atoms with Crippen molar-refractivity contribution in [3.8, 4) is 0 Å². The number of quaternary nitrogens is 1. The summed E-state index contributed by atoms with van der Waals surface area (Å²) < 4.78 is 11.7. The highest BCUT2D eigenvalue weighted by Gasteiger charge is 2.40. The maximum absolute atomic E-state index is 5.31. The monoisotopic (exact) mass is 234 g/mol. The molecule has 0 aromatic carbocycles. The van der Waals surface area contributed by atoms with Gasteiger partial charge in [-0.2, -0.15) is 0 Å². The first-order chi connectivity index (χ1) is 6.73. The summed E-state index contributed by atoms with van der Waals surface area (Å²) in [5.41, 5.74) is 0. The molecule has 15 heavy (non-hydrogen) atoms. The van der Waals surface area contributed by atoms with Crippen molar-refractivity contribution < 1.29 is 26.4 Å². The van der Waals surface area contributed by atoms with Gasteiger partial charge in [-0.05, 0) is 0 Å². The third kappa shape index (κ3) is 3.04. The number of hydrogen-bond acceptors (Lipinski definition) is 3. The molecule has 3 aliphatic rings. The van der Waals surface area contributed by atoms with Crippen LogP contribution in [0.3, 0.4) is 0 Å². The molecule has 3 heterocycles. The van der Waals surface area contributed by atoms with E-state index >= 15 is 0 Å². The van der Waals surface area contributed by atoms with E-state index in [1.807, 2.05) is 0 Å². The van der Waals surface area contributed by atoms with Crippen LogP contribution < -0.4 is 12.4 Å². The first kappa shape index (κ1) is 11.6. The predicted molar refractivity (Wildman–Crippen MR) is 51.8 cm³/mol. The van der Waals surface area contributed by atoms with Crippen molar-refractivity contribution in [3.63, 3.8) is 0 Å². The lowest BCUT2D eigenvalue weighted by Crippen LogP contribution is -3.00. The Morgan fingerprint density at radius 1 is 1.27 bits per heavy atom. The molecule has 0 bridgehead atoms. The molecule has 0 aliphatic carbocycles. The number of halogens is 1. The van der Waals surface area contributed by atoms with Crippen LogP contribution in [0.2, 0.25) is 0 Å². The first-order valence-corrected chi connectivity index (χ1v) is 5.53. The molecule has 5 heteroatoms. The predicted octanol–water partition coefficient (Wildman–Crippen LogP) is -3.49. The lowest BCUT2D eigenvalue weighted by molar-refractivity contribution is -0.902. The first-order valence-electron chi connectivity index (χ1n) is 5.53. The van der Waals surface area contributed by atoms with Crippen LogP contribution in [0.5, 0.6) is 0 Å². The SMILES string of the molecule is C[N+]1(CC2CO2)CCN(CC2CO2)C1.[Cl-]. The lowest BCUT2D eigenvalue weighted by Gasteiger charge is -2.28. The maximum Gasteiger partial charge on any atom is 0.135 e. The lowest BCUT2D eigenvalue weighted by atomic mass is 10.4. The van der Waals surface area contributed by atoms with Gasteiger partial charge in [-0.25, -0.2) is 4.90 Å². The van der Waals surface area contributed by atoms with Gasteiger partial charge in [0, 0.05) is 6.54 Å². The number of likely N-dealkylation sites (N-methyl/N-ethyl adjacent to an activating group) is 1. The van der Waals surface area contributed by atoms with Gasteiger partial charge in [0.1, 0.15) is 19.3 Å². The van der Waals surface area contributed by atoms with Crippen LogP contribution in [-0.4, -0.2) is 74.7 Å². The topological polar surface area (TPSA) is 28.3 Å². The quantitative estimate of drug-likeness (QED) is 0.374. The third-order valence-corrected chi connectivity index (χ3v) is 3.41. The van der Waals surface area contributed by atoms with Crippen LogP contribution in [0, 0.1) is 0 Å². The second-order valence-corrected chi connectivity index (χ2v) is 5.15. The van der Waals surface area contributed by atoms with Crippen molar-refractivity contribution in [2.24, 2.45) is 0 Å². The van der Waals surface area contributed by atoms with Gasteiger partial charge in [0.15, 0.2) is 0 Å². The van der Waals surface area contributed by atoms with Crippen molar-refractivity contribution in [1.29, 1.82) is 0 Å². The molecule has 0 radical (unpaired) electrons. The van der Waals surface area contributed by atoms with E-state index in [0.717, 1.165) is 24.2 Å². The standard InChI is InChI=1S/C10H19N2O2.ClH/c1-12(5-10-7-14-10)3-2-11(8-12)4-9-6-13-9;/h9-10H,2-8H2,1H3;1H/q+1;/p-1. The second kappa shape index (κ2) is 4.18. The van der Waals surface area contributed by atoms with Crippen LogP contribution in [-0.2, 0) is 9.47 Å². The molecule has 3 unspecified atom stereocenters. The van der Waals surface area contributed by atoms with E-state index in [-0.39, 0.29) is 12.4 Å². The molecule has 0 aromatic heterocycles. The number of ether oxygens (including phenoxy) is 2. The molecule has 0 saturated carbocycles. The van der Waals surface area contributed by atoms with E-state index in [2.05, 4.69) is 11.9 Å². The van der Waals surface area contributed by atoms with Gasteiger partial charge < -0.3 is 26.4 Å². The van der Waals surface area contributed by atoms with Gasteiger partial charge in [0.2, 0.25) is 0 Å². The third-order valence-electron chi connectivity index (χ3n) is 3.41. The second-order valence-electron chi connectivity index (χ2n) is 5.15. The van der Waals surface area contributed by atoms with Crippen LogP contribution in [0.4, 0.5) is 0 Å². The van der Waals surface area contributed by atoms with Gasteiger partial charge in [-0.1, -0.05) is 0 Å². The summed E-state index contributed by atoms with van der Waals surface area (Å²) in [5, 5.41) is 0. The molecule has 4 nitrogen and oxygen atoms in total. The largest absolute Gasteiger partial charge is 1.00 e. The highest BCUT2D eigenvalue weighted by atomic mass is 35.5. The molecule has 0 N–H and O–H groups in total. The zero-order chi connectivity index (χ0) is 9.60. The average Bonchev–Trinajstić information content (AvgIpc) is 2.98.